The van der Waals surface area contributed by atoms with Gasteiger partial charge in [-0.15, -0.1) is 0 Å². The van der Waals surface area contributed by atoms with Gasteiger partial charge in [0.15, 0.2) is 6.10 Å². The third-order valence-corrected chi connectivity index (χ3v) is 2.37. The summed E-state index contributed by atoms with van der Waals surface area (Å²) in [5, 5.41) is 8.55. The zero-order chi connectivity index (χ0) is 12.6. The van der Waals surface area contributed by atoms with Crippen molar-refractivity contribution in [1.29, 1.82) is 0 Å². The maximum atomic E-state index is 11.5. The molecule has 94 valence electrons. The highest BCUT2D eigenvalue weighted by molar-refractivity contribution is 5.76. The van der Waals surface area contributed by atoms with Crippen LogP contribution in [0.1, 0.15) is 33.6 Å². The van der Waals surface area contributed by atoms with Gasteiger partial charge in [-0.2, -0.15) is 0 Å². The fraction of sp³-hybridized carbons (Fsp3) is 0.818. The van der Waals surface area contributed by atoms with E-state index in [1.807, 2.05) is 13.8 Å². The molecule has 0 aliphatic heterocycles. The van der Waals surface area contributed by atoms with Gasteiger partial charge < -0.3 is 14.7 Å². The largest absolute Gasteiger partial charge is 0.479 e. The average Bonchev–Trinajstić information content (AvgIpc) is 2.25. The predicted octanol–water partition coefficient (Wildman–Crippen LogP) is 1.12. The first-order valence-electron chi connectivity index (χ1n) is 5.65. The van der Waals surface area contributed by atoms with Crippen molar-refractivity contribution in [3.63, 3.8) is 0 Å². The zero-order valence-electron chi connectivity index (χ0n) is 10.2. The number of hydrogen-bond donors (Lipinski definition) is 1. The second kappa shape index (κ2) is 8.10. The van der Waals surface area contributed by atoms with Crippen LogP contribution in [-0.4, -0.2) is 47.7 Å². The summed E-state index contributed by atoms with van der Waals surface area (Å²) < 4.78 is 5.03. The standard InChI is InChI=1S/C11H21NO4/c1-4-12(5-2)10(13)7-6-8-16-9(3)11(14)15/h9H,4-8H2,1-3H3,(H,14,15). The summed E-state index contributed by atoms with van der Waals surface area (Å²) in [5.41, 5.74) is 0. The molecule has 1 amide bonds. The molecule has 0 aromatic rings. The third-order valence-electron chi connectivity index (χ3n) is 2.37. The van der Waals surface area contributed by atoms with Crippen molar-refractivity contribution in [1.82, 2.24) is 4.90 Å². The Kier molecular flexibility index (Phi) is 7.54. The lowest BCUT2D eigenvalue weighted by molar-refractivity contribution is -0.149. The normalized spacial score (nSPS) is 12.2. The van der Waals surface area contributed by atoms with Crippen molar-refractivity contribution in [2.24, 2.45) is 0 Å². The maximum absolute atomic E-state index is 11.5. The van der Waals surface area contributed by atoms with Crippen molar-refractivity contribution in [3.05, 3.63) is 0 Å². The van der Waals surface area contributed by atoms with E-state index in [9.17, 15) is 9.59 Å². The second-order valence-electron chi connectivity index (χ2n) is 3.52. The first-order valence-corrected chi connectivity index (χ1v) is 5.65. The number of hydrogen-bond acceptors (Lipinski definition) is 3. The van der Waals surface area contributed by atoms with Crippen LogP contribution in [0, 0.1) is 0 Å². The fourth-order valence-corrected chi connectivity index (χ4v) is 1.29. The van der Waals surface area contributed by atoms with Crippen LogP contribution in [-0.2, 0) is 14.3 Å². The highest BCUT2D eigenvalue weighted by Gasteiger charge is 2.12. The summed E-state index contributed by atoms with van der Waals surface area (Å²) in [7, 11) is 0. The molecule has 0 fully saturated rings. The summed E-state index contributed by atoms with van der Waals surface area (Å²) in [6.45, 7) is 7.08. The molecule has 0 saturated heterocycles. The van der Waals surface area contributed by atoms with Crippen LogP contribution in [0.5, 0.6) is 0 Å². The minimum Gasteiger partial charge on any atom is -0.479 e. The van der Waals surface area contributed by atoms with E-state index in [0.29, 0.717) is 32.5 Å². The molecular formula is C11H21NO4. The van der Waals surface area contributed by atoms with Crippen LogP contribution < -0.4 is 0 Å². The zero-order valence-corrected chi connectivity index (χ0v) is 10.2. The molecule has 0 aliphatic rings. The van der Waals surface area contributed by atoms with Crippen molar-refractivity contribution in [2.45, 2.75) is 39.7 Å². The molecule has 0 rings (SSSR count). The van der Waals surface area contributed by atoms with Gasteiger partial charge >= 0.3 is 5.97 Å². The number of carbonyl (C=O) groups is 2. The number of amides is 1. The Morgan fingerprint density at radius 2 is 1.88 bits per heavy atom. The molecule has 0 aromatic carbocycles. The Bertz CT molecular complexity index is 226. The Balaban J connectivity index is 3.66. The van der Waals surface area contributed by atoms with Gasteiger partial charge in [0, 0.05) is 26.1 Å². The van der Waals surface area contributed by atoms with E-state index in [1.165, 1.54) is 6.92 Å². The number of nitrogens with zero attached hydrogens (tertiary/aromatic N) is 1. The lowest BCUT2D eigenvalue weighted by Gasteiger charge is -2.18. The SMILES string of the molecule is CCN(CC)C(=O)CCCOC(C)C(=O)O. The number of aliphatic carboxylic acids is 1. The molecule has 0 heterocycles. The van der Waals surface area contributed by atoms with E-state index in [1.54, 1.807) is 4.90 Å². The first kappa shape index (κ1) is 14.9. The Labute approximate surface area is 96.4 Å². The van der Waals surface area contributed by atoms with Crippen LogP contribution >= 0.6 is 0 Å². The maximum Gasteiger partial charge on any atom is 0.332 e. The van der Waals surface area contributed by atoms with Gasteiger partial charge in [0.05, 0.1) is 0 Å². The molecule has 1 atom stereocenters. The average molecular weight is 231 g/mol. The number of carboxylic acid groups (broad SMARTS) is 1. The molecule has 1 unspecified atom stereocenters. The second-order valence-corrected chi connectivity index (χ2v) is 3.52. The number of ether oxygens (including phenoxy) is 1. The summed E-state index contributed by atoms with van der Waals surface area (Å²) >= 11 is 0. The van der Waals surface area contributed by atoms with Gasteiger partial charge in [-0.3, -0.25) is 4.79 Å². The Morgan fingerprint density at radius 1 is 1.31 bits per heavy atom. The van der Waals surface area contributed by atoms with E-state index in [0.717, 1.165) is 0 Å². The van der Waals surface area contributed by atoms with Gasteiger partial charge in [0.1, 0.15) is 0 Å². The van der Waals surface area contributed by atoms with Crippen molar-refractivity contribution >= 4 is 11.9 Å². The summed E-state index contributed by atoms with van der Waals surface area (Å²) in [6, 6.07) is 0. The van der Waals surface area contributed by atoms with E-state index in [4.69, 9.17) is 9.84 Å². The topological polar surface area (TPSA) is 66.8 Å². The molecule has 0 spiro atoms. The van der Waals surface area contributed by atoms with E-state index >= 15 is 0 Å². The quantitative estimate of drug-likeness (QED) is 0.636. The Morgan fingerprint density at radius 3 is 2.31 bits per heavy atom. The van der Waals surface area contributed by atoms with Crippen molar-refractivity contribution in [2.75, 3.05) is 19.7 Å². The number of rotatable bonds is 8. The van der Waals surface area contributed by atoms with Crippen molar-refractivity contribution < 1.29 is 19.4 Å². The van der Waals surface area contributed by atoms with Gasteiger partial charge in [0.2, 0.25) is 5.91 Å². The monoisotopic (exact) mass is 231 g/mol. The molecule has 5 heteroatoms. The lowest BCUT2D eigenvalue weighted by Crippen LogP contribution is -2.30. The molecule has 0 aromatic heterocycles. The van der Waals surface area contributed by atoms with Crippen LogP contribution in [0.15, 0.2) is 0 Å². The lowest BCUT2D eigenvalue weighted by atomic mass is 10.3. The molecule has 16 heavy (non-hydrogen) atoms. The molecular weight excluding hydrogens is 210 g/mol. The molecule has 5 nitrogen and oxygen atoms in total. The van der Waals surface area contributed by atoms with Crippen LogP contribution in [0.4, 0.5) is 0 Å². The van der Waals surface area contributed by atoms with Crippen LogP contribution in [0.2, 0.25) is 0 Å². The van der Waals surface area contributed by atoms with Gasteiger partial charge in [-0.05, 0) is 27.2 Å². The highest BCUT2D eigenvalue weighted by atomic mass is 16.5. The summed E-state index contributed by atoms with van der Waals surface area (Å²) in [4.78, 5) is 23.7. The van der Waals surface area contributed by atoms with Gasteiger partial charge in [-0.1, -0.05) is 0 Å². The smallest absolute Gasteiger partial charge is 0.332 e. The van der Waals surface area contributed by atoms with Crippen molar-refractivity contribution in [3.8, 4) is 0 Å². The molecule has 0 bridgehead atoms. The van der Waals surface area contributed by atoms with E-state index in [-0.39, 0.29) is 5.91 Å². The third kappa shape index (κ3) is 5.70. The summed E-state index contributed by atoms with van der Waals surface area (Å²) in [6.07, 6.45) is 0.171. The van der Waals surface area contributed by atoms with Crippen LogP contribution in [0.3, 0.4) is 0 Å². The van der Waals surface area contributed by atoms with Gasteiger partial charge in [-0.25, -0.2) is 4.79 Å². The minimum absolute atomic E-state index is 0.0941. The molecule has 1 N–H and O–H groups in total. The molecule has 0 saturated carbocycles. The number of carboxylic acids is 1. The van der Waals surface area contributed by atoms with Gasteiger partial charge in [0.25, 0.3) is 0 Å². The number of carbonyl (C=O) groups excluding carboxylic acids is 1. The summed E-state index contributed by atoms with van der Waals surface area (Å²) in [5.74, 6) is -0.883. The van der Waals surface area contributed by atoms with Crippen LogP contribution in [0.25, 0.3) is 0 Å². The predicted molar refractivity (Wildman–Crippen MR) is 60.2 cm³/mol. The first-order chi connectivity index (χ1) is 7.52. The molecule has 0 aliphatic carbocycles. The Hall–Kier alpha value is -1.10. The van der Waals surface area contributed by atoms with E-state index in [2.05, 4.69) is 0 Å². The fourth-order valence-electron chi connectivity index (χ4n) is 1.29. The van der Waals surface area contributed by atoms with E-state index < -0.39 is 12.1 Å². The molecule has 0 radical (unpaired) electrons. The highest BCUT2D eigenvalue weighted by Crippen LogP contribution is 2.00. The minimum atomic E-state index is -0.977.